The average Bonchev–Trinajstić information content (AvgIpc) is 2.68. The zero-order valence-electron chi connectivity index (χ0n) is 15.7. The van der Waals surface area contributed by atoms with Gasteiger partial charge in [-0.05, 0) is 49.0 Å². The minimum absolute atomic E-state index is 0.268. The standard InChI is InChI=1S/C21H22FN3O2S/c1-14-18(20(26)23-17-9-4-3-5-10-17)19(15-7-6-8-16(22)13-15)24-21(28)25(14)11-12-27-2/h3-10,13,19H,11-12H2,1-2H3,(H,23,26)(H,24,28). The Labute approximate surface area is 169 Å². The van der Waals surface area contributed by atoms with Crippen LogP contribution in [-0.2, 0) is 9.53 Å². The number of nitrogens with zero attached hydrogens (tertiary/aromatic N) is 1. The molecule has 0 aliphatic carbocycles. The highest BCUT2D eigenvalue weighted by atomic mass is 32.1. The van der Waals surface area contributed by atoms with Gasteiger partial charge in [0.1, 0.15) is 5.82 Å². The highest BCUT2D eigenvalue weighted by Crippen LogP contribution is 2.31. The molecule has 0 fully saturated rings. The number of carbonyl (C=O) groups is 1. The number of rotatable bonds is 6. The van der Waals surface area contributed by atoms with E-state index < -0.39 is 6.04 Å². The number of allylic oxidation sites excluding steroid dienone is 1. The lowest BCUT2D eigenvalue weighted by Crippen LogP contribution is -2.49. The number of nitrogens with one attached hydrogen (secondary N) is 2. The first-order valence-electron chi connectivity index (χ1n) is 8.91. The van der Waals surface area contributed by atoms with Gasteiger partial charge in [0.05, 0.1) is 18.2 Å². The van der Waals surface area contributed by atoms with E-state index in [2.05, 4.69) is 10.6 Å². The van der Waals surface area contributed by atoms with Gasteiger partial charge in [0.25, 0.3) is 5.91 Å². The van der Waals surface area contributed by atoms with Crippen LogP contribution in [0, 0.1) is 5.82 Å². The first kappa shape index (κ1) is 20.0. The Morgan fingerprint density at radius 1 is 1.25 bits per heavy atom. The van der Waals surface area contributed by atoms with Crippen molar-refractivity contribution in [3.05, 3.63) is 77.2 Å². The molecule has 0 spiro atoms. The molecule has 0 saturated heterocycles. The third kappa shape index (κ3) is 4.37. The van der Waals surface area contributed by atoms with Crippen molar-refractivity contribution in [2.24, 2.45) is 0 Å². The maximum Gasteiger partial charge on any atom is 0.255 e. The molecule has 1 heterocycles. The van der Waals surface area contributed by atoms with Crippen molar-refractivity contribution in [1.82, 2.24) is 10.2 Å². The van der Waals surface area contributed by atoms with E-state index in [4.69, 9.17) is 17.0 Å². The normalized spacial score (nSPS) is 16.8. The van der Waals surface area contributed by atoms with Crippen molar-refractivity contribution in [2.75, 3.05) is 25.6 Å². The quantitative estimate of drug-likeness (QED) is 0.727. The van der Waals surface area contributed by atoms with E-state index in [1.807, 2.05) is 42.2 Å². The summed E-state index contributed by atoms with van der Waals surface area (Å²) >= 11 is 5.50. The second-order valence-corrected chi connectivity index (χ2v) is 6.79. The fraction of sp³-hybridized carbons (Fsp3) is 0.238. The van der Waals surface area contributed by atoms with Gasteiger partial charge >= 0.3 is 0 Å². The molecule has 2 aromatic rings. The van der Waals surface area contributed by atoms with Crippen molar-refractivity contribution in [3.63, 3.8) is 0 Å². The molecule has 1 aliphatic rings. The largest absolute Gasteiger partial charge is 0.383 e. The van der Waals surface area contributed by atoms with Crippen molar-refractivity contribution in [2.45, 2.75) is 13.0 Å². The highest BCUT2D eigenvalue weighted by Gasteiger charge is 2.33. The fourth-order valence-electron chi connectivity index (χ4n) is 3.18. The molecule has 146 valence electrons. The van der Waals surface area contributed by atoms with Crippen LogP contribution >= 0.6 is 12.2 Å². The van der Waals surface area contributed by atoms with E-state index in [-0.39, 0.29) is 11.7 Å². The summed E-state index contributed by atoms with van der Waals surface area (Å²) in [6.07, 6.45) is 0. The number of anilines is 1. The average molecular weight is 399 g/mol. The van der Waals surface area contributed by atoms with Gasteiger partial charge in [-0.3, -0.25) is 4.79 Å². The summed E-state index contributed by atoms with van der Waals surface area (Å²) in [4.78, 5) is 15.0. The van der Waals surface area contributed by atoms with Crippen molar-refractivity contribution in [1.29, 1.82) is 0 Å². The summed E-state index contributed by atoms with van der Waals surface area (Å²) in [6.45, 7) is 2.80. The molecule has 5 nitrogen and oxygen atoms in total. The lowest BCUT2D eigenvalue weighted by Gasteiger charge is -2.37. The monoisotopic (exact) mass is 399 g/mol. The molecule has 1 atom stereocenters. The molecule has 3 rings (SSSR count). The Morgan fingerprint density at radius 3 is 2.68 bits per heavy atom. The summed E-state index contributed by atoms with van der Waals surface area (Å²) in [6, 6.07) is 14.8. The van der Waals surface area contributed by atoms with E-state index in [0.717, 1.165) is 0 Å². The summed E-state index contributed by atoms with van der Waals surface area (Å²) in [5.41, 5.74) is 2.51. The fourth-order valence-corrected chi connectivity index (χ4v) is 3.53. The van der Waals surface area contributed by atoms with Crippen LogP contribution < -0.4 is 10.6 Å². The smallest absolute Gasteiger partial charge is 0.255 e. The molecule has 28 heavy (non-hydrogen) atoms. The molecular weight excluding hydrogens is 377 g/mol. The number of hydrogen-bond donors (Lipinski definition) is 2. The molecule has 1 unspecified atom stereocenters. The highest BCUT2D eigenvalue weighted by molar-refractivity contribution is 7.80. The van der Waals surface area contributed by atoms with Crippen molar-refractivity contribution >= 4 is 28.9 Å². The van der Waals surface area contributed by atoms with Crippen LogP contribution in [0.3, 0.4) is 0 Å². The number of para-hydroxylation sites is 1. The van der Waals surface area contributed by atoms with Crippen LogP contribution in [0.25, 0.3) is 0 Å². The van der Waals surface area contributed by atoms with Gasteiger partial charge in [-0.2, -0.15) is 0 Å². The Hall–Kier alpha value is -2.77. The van der Waals surface area contributed by atoms with Crippen LogP contribution in [0.4, 0.5) is 10.1 Å². The molecule has 0 aromatic heterocycles. The second kappa shape index (κ2) is 8.95. The summed E-state index contributed by atoms with van der Waals surface area (Å²) in [7, 11) is 1.61. The van der Waals surface area contributed by atoms with Gasteiger partial charge in [-0.15, -0.1) is 0 Å². The Bertz CT molecular complexity index is 902. The van der Waals surface area contributed by atoms with Crippen LogP contribution in [0.5, 0.6) is 0 Å². The number of ether oxygens (including phenoxy) is 1. The van der Waals surface area contributed by atoms with Gasteiger partial charge in [-0.1, -0.05) is 30.3 Å². The maximum absolute atomic E-state index is 13.8. The topological polar surface area (TPSA) is 53.6 Å². The minimum atomic E-state index is -0.550. The van der Waals surface area contributed by atoms with Crippen LogP contribution in [0.1, 0.15) is 18.5 Å². The third-order valence-corrected chi connectivity index (χ3v) is 4.91. The van der Waals surface area contributed by atoms with Crippen LogP contribution in [-0.4, -0.2) is 36.2 Å². The first-order chi connectivity index (χ1) is 13.5. The lowest BCUT2D eigenvalue weighted by molar-refractivity contribution is -0.113. The molecule has 2 aromatic carbocycles. The predicted octanol–water partition coefficient (Wildman–Crippen LogP) is 3.62. The van der Waals surface area contributed by atoms with Crippen molar-refractivity contribution < 1.29 is 13.9 Å². The minimum Gasteiger partial charge on any atom is -0.383 e. The molecule has 7 heteroatoms. The summed E-state index contributed by atoms with van der Waals surface area (Å²) < 4.78 is 19.0. The Balaban J connectivity index is 2.01. The van der Waals surface area contributed by atoms with E-state index in [1.54, 1.807) is 19.2 Å². The zero-order valence-corrected chi connectivity index (χ0v) is 16.6. The number of hydrogen-bond acceptors (Lipinski definition) is 3. The van der Waals surface area contributed by atoms with Gasteiger partial charge in [0.15, 0.2) is 5.11 Å². The molecule has 1 aliphatic heterocycles. The molecule has 1 amide bonds. The van der Waals surface area contributed by atoms with E-state index in [9.17, 15) is 9.18 Å². The van der Waals surface area contributed by atoms with Gasteiger partial charge in [-0.25, -0.2) is 4.39 Å². The second-order valence-electron chi connectivity index (χ2n) is 6.40. The van der Waals surface area contributed by atoms with Crippen LogP contribution in [0.15, 0.2) is 65.9 Å². The number of carbonyl (C=O) groups excluding carboxylic acids is 1. The summed E-state index contributed by atoms with van der Waals surface area (Å²) in [5.74, 6) is -0.636. The van der Waals surface area contributed by atoms with E-state index >= 15 is 0 Å². The molecule has 2 N–H and O–H groups in total. The molecular formula is C21H22FN3O2S. The first-order valence-corrected chi connectivity index (χ1v) is 9.31. The molecule has 0 radical (unpaired) electrons. The van der Waals surface area contributed by atoms with Gasteiger partial charge in [0, 0.05) is 25.0 Å². The zero-order chi connectivity index (χ0) is 20.1. The molecule has 0 bridgehead atoms. The number of benzene rings is 2. The number of methoxy groups -OCH3 is 1. The Kier molecular flexibility index (Phi) is 6.38. The van der Waals surface area contributed by atoms with Gasteiger partial charge in [0.2, 0.25) is 0 Å². The van der Waals surface area contributed by atoms with Crippen molar-refractivity contribution in [3.8, 4) is 0 Å². The Morgan fingerprint density at radius 2 is 2.00 bits per heavy atom. The molecule has 0 saturated carbocycles. The van der Waals surface area contributed by atoms with E-state index in [0.29, 0.717) is 40.8 Å². The maximum atomic E-state index is 13.8. The summed E-state index contributed by atoms with van der Waals surface area (Å²) in [5, 5.41) is 6.57. The van der Waals surface area contributed by atoms with E-state index in [1.165, 1.54) is 12.1 Å². The lowest BCUT2D eigenvalue weighted by atomic mass is 9.94. The predicted molar refractivity (Wildman–Crippen MR) is 111 cm³/mol. The third-order valence-electron chi connectivity index (χ3n) is 4.57. The SMILES string of the molecule is COCCN1C(=S)NC(c2cccc(F)c2)C(C(=O)Nc2ccccc2)=C1C. The number of thiocarbonyl (C=S) groups is 1. The van der Waals surface area contributed by atoms with Crippen LogP contribution in [0.2, 0.25) is 0 Å². The van der Waals surface area contributed by atoms with Gasteiger partial charge < -0.3 is 20.3 Å². The number of amides is 1. The number of halogens is 1.